The van der Waals surface area contributed by atoms with E-state index in [4.69, 9.17) is 21.8 Å². The molecule has 1 aromatic heterocycles. The third-order valence-electron chi connectivity index (χ3n) is 2.18. The summed E-state index contributed by atoms with van der Waals surface area (Å²) in [6, 6.07) is 8.15. The van der Waals surface area contributed by atoms with Crippen molar-refractivity contribution < 1.29 is 9.34 Å². The molecule has 0 saturated heterocycles. The zero-order valence-electron chi connectivity index (χ0n) is 9.13. The van der Waals surface area contributed by atoms with Crippen LogP contribution in [0.25, 0.3) is 0 Å². The smallest absolute Gasteiger partial charge is 0.405 e. The molecule has 1 aromatic carbocycles. The van der Waals surface area contributed by atoms with Crippen LogP contribution in [0.1, 0.15) is 5.76 Å². The van der Waals surface area contributed by atoms with Gasteiger partial charge in [-0.05, 0) is 18.2 Å². The molecule has 5 nitrogen and oxygen atoms in total. The minimum Gasteiger partial charge on any atom is -0.405 e. The van der Waals surface area contributed by atoms with E-state index in [1.807, 2.05) is 0 Å². The highest BCUT2D eigenvalue weighted by Crippen LogP contribution is 2.35. The van der Waals surface area contributed by atoms with Crippen LogP contribution in [0.2, 0.25) is 5.02 Å². The standard InChI is InChI=1S/C11H9ClN2O3S/c12-8-2-1-3-9(13)11(8)18-6-7-4-5-10(17-7)14(15)16/h1-5H,6,13H2. The number of anilines is 1. The number of benzene rings is 1. The number of nitrogens with zero attached hydrogens (tertiary/aromatic N) is 1. The number of furan rings is 1. The van der Waals surface area contributed by atoms with Gasteiger partial charge in [0, 0.05) is 10.6 Å². The van der Waals surface area contributed by atoms with E-state index in [2.05, 4.69) is 0 Å². The first-order valence-electron chi connectivity index (χ1n) is 4.98. The van der Waals surface area contributed by atoms with Crippen LogP contribution in [0.15, 0.2) is 39.6 Å². The van der Waals surface area contributed by atoms with Crippen molar-refractivity contribution in [2.24, 2.45) is 0 Å². The minimum atomic E-state index is -0.571. The normalized spacial score (nSPS) is 10.5. The van der Waals surface area contributed by atoms with Gasteiger partial charge in [-0.15, -0.1) is 11.8 Å². The van der Waals surface area contributed by atoms with Crippen molar-refractivity contribution in [1.29, 1.82) is 0 Å². The third-order valence-corrected chi connectivity index (χ3v) is 3.78. The first-order valence-corrected chi connectivity index (χ1v) is 6.34. The number of nitrogens with two attached hydrogens (primary N) is 1. The fourth-order valence-corrected chi connectivity index (χ4v) is 2.59. The zero-order valence-corrected chi connectivity index (χ0v) is 10.7. The van der Waals surface area contributed by atoms with Crippen molar-refractivity contribution in [3.8, 4) is 0 Å². The second kappa shape index (κ2) is 5.32. The average Bonchev–Trinajstić information content (AvgIpc) is 2.77. The van der Waals surface area contributed by atoms with E-state index in [-0.39, 0.29) is 5.88 Å². The Labute approximate surface area is 112 Å². The molecule has 0 unspecified atom stereocenters. The molecule has 18 heavy (non-hydrogen) atoms. The summed E-state index contributed by atoms with van der Waals surface area (Å²) in [7, 11) is 0. The predicted octanol–water partition coefficient (Wildman–Crippen LogP) is 3.72. The van der Waals surface area contributed by atoms with Crippen LogP contribution < -0.4 is 5.73 Å². The van der Waals surface area contributed by atoms with Crippen LogP contribution >= 0.6 is 23.4 Å². The van der Waals surface area contributed by atoms with E-state index >= 15 is 0 Å². The topological polar surface area (TPSA) is 82.3 Å². The van der Waals surface area contributed by atoms with E-state index in [1.165, 1.54) is 17.8 Å². The van der Waals surface area contributed by atoms with Crippen LogP contribution in [-0.2, 0) is 5.75 Å². The molecule has 2 rings (SSSR count). The summed E-state index contributed by atoms with van der Waals surface area (Å²) in [6.07, 6.45) is 0. The molecule has 0 bridgehead atoms. The van der Waals surface area contributed by atoms with Crippen LogP contribution in [-0.4, -0.2) is 4.92 Å². The second-order valence-corrected chi connectivity index (χ2v) is 4.84. The summed E-state index contributed by atoms with van der Waals surface area (Å²) in [4.78, 5) is 10.6. The Balaban J connectivity index is 2.09. The predicted molar refractivity (Wildman–Crippen MR) is 70.8 cm³/mol. The molecule has 0 fully saturated rings. The number of nitrogen functional groups attached to an aromatic ring is 1. The van der Waals surface area contributed by atoms with Gasteiger partial charge in [0.05, 0.1) is 16.8 Å². The molecule has 0 amide bonds. The fraction of sp³-hybridized carbons (Fsp3) is 0.0909. The Kier molecular flexibility index (Phi) is 3.78. The first kappa shape index (κ1) is 12.8. The maximum Gasteiger partial charge on any atom is 0.433 e. The molecule has 0 aliphatic rings. The Hall–Kier alpha value is -1.66. The van der Waals surface area contributed by atoms with Gasteiger partial charge in [0.1, 0.15) is 10.7 Å². The van der Waals surface area contributed by atoms with Crippen LogP contribution in [0.5, 0.6) is 0 Å². The maximum absolute atomic E-state index is 10.5. The van der Waals surface area contributed by atoms with Gasteiger partial charge in [0.15, 0.2) is 0 Å². The first-order chi connectivity index (χ1) is 8.58. The molecule has 0 spiro atoms. The van der Waals surface area contributed by atoms with Crippen molar-refractivity contribution in [3.63, 3.8) is 0 Å². The molecule has 7 heteroatoms. The van der Waals surface area contributed by atoms with Crippen molar-refractivity contribution >= 4 is 34.9 Å². The van der Waals surface area contributed by atoms with E-state index in [0.717, 1.165) is 4.90 Å². The number of nitro groups is 1. The number of hydrogen-bond donors (Lipinski definition) is 1. The van der Waals surface area contributed by atoms with Crippen molar-refractivity contribution in [3.05, 3.63) is 51.2 Å². The average molecular weight is 285 g/mol. The lowest BCUT2D eigenvalue weighted by atomic mass is 10.3. The van der Waals surface area contributed by atoms with Gasteiger partial charge in [-0.1, -0.05) is 17.7 Å². The molecule has 0 aliphatic heterocycles. The molecule has 0 atom stereocenters. The summed E-state index contributed by atoms with van der Waals surface area (Å²) in [5, 5.41) is 11.0. The van der Waals surface area contributed by atoms with Gasteiger partial charge < -0.3 is 10.2 Å². The molecule has 2 aromatic rings. The molecule has 94 valence electrons. The van der Waals surface area contributed by atoms with Crippen molar-refractivity contribution in [2.45, 2.75) is 10.6 Å². The lowest BCUT2D eigenvalue weighted by molar-refractivity contribution is -0.402. The fourth-order valence-electron chi connectivity index (χ4n) is 1.36. The van der Waals surface area contributed by atoms with Crippen molar-refractivity contribution in [1.82, 2.24) is 0 Å². The SMILES string of the molecule is Nc1cccc(Cl)c1SCc1ccc([N+](=O)[O-])o1. The van der Waals surface area contributed by atoms with E-state index in [9.17, 15) is 10.1 Å². The Morgan fingerprint density at radius 1 is 1.39 bits per heavy atom. The Morgan fingerprint density at radius 3 is 2.78 bits per heavy atom. The largest absolute Gasteiger partial charge is 0.433 e. The molecule has 0 saturated carbocycles. The van der Waals surface area contributed by atoms with Crippen LogP contribution in [0.3, 0.4) is 0 Å². The van der Waals surface area contributed by atoms with Gasteiger partial charge >= 0.3 is 5.88 Å². The quantitative estimate of drug-likeness (QED) is 0.400. The monoisotopic (exact) mass is 284 g/mol. The van der Waals surface area contributed by atoms with Gasteiger partial charge in [-0.2, -0.15) is 0 Å². The van der Waals surface area contributed by atoms with E-state index in [1.54, 1.807) is 24.3 Å². The summed E-state index contributed by atoms with van der Waals surface area (Å²) in [5.41, 5.74) is 6.37. The molecule has 0 radical (unpaired) electrons. The minimum absolute atomic E-state index is 0.266. The molecule has 2 N–H and O–H groups in total. The van der Waals surface area contributed by atoms with E-state index < -0.39 is 4.92 Å². The molecular formula is C11H9ClN2O3S. The van der Waals surface area contributed by atoms with Gasteiger partial charge in [-0.25, -0.2) is 0 Å². The highest BCUT2D eigenvalue weighted by atomic mass is 35.5. The maximum atomic E-state index is 10.5. The zero-order chi connectivity index (χ0) is 13.1. The highest BCUT2D eigenvalue weighted by Gasteiger charge is 2.13. The highest BCUT2D eigenvalue weighted by molar-refractivity contribution is 7.98. The summed E-state index contributed by atoms with van der Waals surface area (Å²) >= 11 is 7.39. The number of hydrogen-bond acceptors (Lipinski definition) is 5. The van der Waals surface area contributed by atoms with Crippen molar-refractivity contribution in [2.75, 3.05) is 5.73 Å². The summed E-state index contributed by atoms with van der Waals surface area (Å²) < 4.78 is 5.04. The van der Waals surface area contributed by atoms with Crippen LogP contribution in [0.4, 0.5) is 11.6 Å². The Bertz CT molecular complexity index is 565. The molecule has 0 aliphatic carbocycles. The third kappa shape index (κ3) is 2.77. The van der Waals surface area contributed by atoms with Gasteiger partial charge in [0.25, 0.3) is 0 Å². The lowest BCUT2D eigenvalue weighted by Crippen LogP contribution is -1.89. The summed E-state index contributed by atoms with van der Waals surface area (Å²) in [5.74, 6) is 0.672. The second-order valence-electron chi connectivity index (χ2n) is 3.44. The lowest BCUT2D eigenvalue weighted by Gasteiger charge is -2.05. The van der Waals surface area contributed by atoms with Gasteiger partial charge in [-0.3, -0.25) is 10.1 Å². The molecular weight excluding hydrogens is 276 g/mol. The Morgan fingerprint density at radius 2 is 2.17 bits per heavy atom. The number of halogens is 1. The summed E-state index contributed by atoms with van der Waals surface area (Å²) in [6.45, 7) is 0. The number of rotatable bonds is 4. The number of thioether (sulfide) groups is 1. The molecule has 1 heterocycles. The van der Waals surface area contributed by atoms with Gasteiger partial charge in [0.2, 0.25) is 0 Å². The van der Waals surface area contributed by atoms with Crippen LogP contribution in [0, 0.1) is 10.1 Å². The van der Waals surface area contributed by atoms with E-state index in [0.29, 0.717) is 22.2 Å².